The highest BCUT2D eigenvalue weighted by molar-refractivity contribution is 6.18. The molecule has 2 heteroatoms. The molecule has 16 heavy (non-hydrogen) atoms. The Morgan fingerprint density at radius 3 is 2.56 bits per heavy atom. The maximum Gasteiger partial charge on any atom is 0.0404 e. The van der Waals surface area contributed by atoms with E-state index in [2.05, 4.69) is 31.7 Å². The number of halogens is 1. The van der Waals surface area contributed by atoms with E-state index in [9.17, 15) is 0 Å². The van der Waals surface area contributed by atoms with E-state index in [-0.39, 0.29) is 0 Å². The maximum absolute atomic E-state index is 5.63. The van der Waals surface area contributed by atoms with Gasteiger partial charge >= 0.3 is 0 Å². The molecule has 1 unspecified atom stereocenters. The Hall–Kier alpha value is -0.0100. The molecule has 1 aliphatic heterocycles. The van der Waals surface area contributed by atoms with Crippen LogP contribution in [0, 0.1) is 11.3 Å². The van der Waals surface area contributed by atoms with Gasteiger partial charge in [-0.1, -0.05) is 32.9 Å². The van der Waals surface area contributed by atoms with Gasteiger partial charge in [0.05, 0.1) is 0 Å². The predicted molar refractivity (Wildman–Crippen MR) is 73.1 cm³/mol. The molecular weight excluding hydrogens is 218 g/mol. The van der Waals surface area contributed by atoms with Gasteiger partial charge in [-0.15, -0.1) is 11.6 Å². The van der Waals surface area contributed by atoms with Crippen molar-refractivity contribution in [1.82, 2.24) is 4.90 Å². The Balaban J connectivity index is 2.37. The SMILES string of the molecule is CC(C)(C)C1CCCN(CC=CCCl)CC1. The molecule has 1 saturated heterocycles. The molecule has 0 amide bonds. The first kappa shape index (κ1) is 14.1. The normalized spacial score (nSPS) is 24.9. The Kier molecular flexibility index (Phi) is 5.85. The molecule has 0 aliphatic carbocycles. The Labute approximate surface area is 106 Å². The van der Waals surface area contributed by atoms with Crippen LogP contribution >= 0.6 is 11.6 Å². The largest absolute Gasteiger partial charge is 0.300 e. The monoisotopic (exact) mass is 243 g/mol. The first-order valence-electron chi connectivity index (χ1n) is 6.47. The predicted octanol–water partition coefficient (Wildman–Crippen LogP) is 3.93. The fourth-order valence-electron chi connectivity index (χ4n) is 2.49. The van der Waals surface area contributed by atoms with Crippen LogP contribution in [-0.2, 0) is 0 Å². The van der Waals surface area contributed by atoms with Crippen LogP contribution < -0.4 is 0 Å². The van der Waals surface area contributed by atoms with Gasteiger partial charge in [0.25, 0.3) is 0 Å². The van der Waals surface area contributed by atoms with Gasteiger partial charge < -0.3 is 0 Å². The van der Waals surface area contributed by atoms with Gasteiger partial charge in [-0.05, 0) is 43.7 Å². The third kappa shape index (κ3) is 4.88. The highest BCUT2D eigenvalue weighted by Gasteiger charge is 2.26. The average Bonchev–Trinajstić information content (AvgIpc) is 2.43. The summed E-state index contributed by atoms with van der Waals surface area (Å²) in [4.78, 5) is 2.55. The summed E-state index contributed by atoms with van der Waals surface area (Å²) in [6.07, 6.45) is 8.33. The van der Waals surface area contributed by atoms with Gasteiger partial charge in [-0.25, -0.2) is 0 Å². The summed E-state index contributed by atoms with van der Waals surface area (Å²) in [7, 11) is 0. The maximum atomic E-state index is 5.63. The Bertz CT molecular complexity index is 217. The van der Waals surface area contributed by atoms with Crippen LogP contribution in [-0.4, -0.2) is 30.4 Å². The minimum Gasteiger partial charge on any atom is -0.300 e. The van der Waals surface area contributed by atoms with Crippen LogP contribution in [0.4, 0.5) is 0 Å². The summed E-state index contributed by atoms with van der Waals surface area (Å²) >= 11 is 5.63. The van der Waals surface area contributed by atoms with Gasteiger partial charge in [-0.2, -0.15) is 0 Å². The lowest BCUT2D eigenvalue weighted by Crippen LogP contribution is -2.26. The van der Waals surface area contributed by atoms with Crippen molar-refractivity contribution in [3.8, 4) is 0 Å². The standard InChI is InChI=1S/C14H26ClN/c1-14(2,3)13-7-6-11-16(12-8-13)10-5-4-9-15/h4-5,13H,6-12H2,1-3H3. The summed E-state index contributed by atoms with van der Waals surface area (Å²) in [5.41, 5.74) is 0.474. The molecule has 0 N–H and O–H groups in total. The molecule has 0 saturated carbocycles. The first-order chi connectivity index (χ1) is 7.54. The number of likely N-dealkylation sites (tertiary alicyclic amines) is 1. The molecule has 1 rings (SSSR count). The Morgan fingerprint density at radius 1 is 1.19 bits per heavy atom. The van der Waals surface area contributed by atoms with Crippen LogP contribution in [0.2, 0.25) is 0 Å². The first-order valence-corrected chi connectivity index (χ1v) is 7.01. The van der Waals surface area contributed by atoms with Crippen LogP contribution in [0.15, 0.2) is 12.2 Å². The molecule has 1 fully saturated rings. The molecule has 0 bridgehead atoms. The van der Waals surface area contributed by atoms with Crippen molar-refractivity contribution in [2.24, 2.45) is 11.3 Å². The number of nitrogens with zero attached hydrogens (tertiary/aromatic N) is 1. The zero-order valence-corrected chi connectivity index (χ0v) is 11.8. The van der Waals surface area contributed by atoms with E-state index in [1.807, 2.05) is 6.08 Å². The minimum absolute atomic E-state index is 0.474. The van der Waals surface area contributed by atoms with Crippen LogP contribution in [0.1, 0.15) is 40.0 Å². The summed E-state index contributed by atoms with van der Waals surface area (Å²) in [5.74, 6) is 1.52. The second-order valence-corrected chi connectivity index (χ2v) is 6.23. The molecule has 0 aromatic heterocycles. The van der Waals surface area contributed by atoms with Crippen LogP contribution in [0.25, 0.3) is 0 Å². The second kappa shape index (κ2) is 6.66. The number of allylic oxidation sites excluding steroid dienone is 1. The highest BCUT2D eigenvalue weighted by Crippen LogP contribution is 2.34. The van der Waals surface area contributed by atoms with Crippen molar-refractivity contribution < 1.29 is 0 Å². The van der Waals surface area contributed by atoms with E-state index in [1.54, 1.807) is 0 Å². The van der Waals surface area contributed by atoms with Crippen molar-refractivity contribution in [2.45, 2.75) is 40.0 Å². The summed E-state index contributed by atoms with van der Waals surface area (Å²) in [6.45, 7) is 10.7. The van der Waals surface area contributed by atoms with Crippen molar-refractivity contribution in [2.75, 3.05) is 25.5 Å². The summed E-state index contributed by atoms with van der Waals surface area (Å²) in [6, 6.07) is 0. The minimum atomic E-state index is 0.474. The second-order valence-electron chi connectivity index (χ2n) is 5.92. The van der Waals surface area contributed by atoms with Gasteiger partial charge in [0.1, 0.15) is 0 Å². The number of hydrogen-bond acceptors (Lipinski definition) is 1. The van der Waals surface area contributed by atoms with E-state index in [4.69, 9.17) is 11.6 Å². The van der Waals surface area contributed by atoms with Gasteiger partial charge in [-0.3, -0.25) is 4.90 Å². The van der Waals surface area contributed by atoms with Crippen LogP contribution in [0.5, 0.6) is 0 Å². The van der Waals surface area contributed by atoms with E-state index in [1.165, 1.54) is 32.4 Å². The zero-order chi connectivity index (χ0) is 12.0. The zero-order valence-electron chi connectivity index (χ0n) is 11.0. The lowest BCUT2D eigenvalue weighted by atomic mass is 9.77. The van der Waals surface area contributed by atoms with Crippen LogP contribution in [0.3, 0.4) is 0 Å². The van der Waals surface area contributed by atoms with Gasteiger partial charge in [0.2, 0.25) is 0 Å². The molecule has 0 spiro atoms. The quantitative estimate of drug-likeness (QED) is 0.536. The molecule has 1 nitrogen and oxygen atoms in total. The lowest BCUT2D eigenvalue weighted by Gasteiger charge is -2.29. The van der Waals surface area contributed by atoms with Gasteiger partial charge in [0.15, 0.2) is 0 Å². The fourth-order valence-corrected chi connectivity index (χ4v) is 2.62. The van der Waals surface area contributed by atoms with Crippen molar-refractivity contribution >= 4 is 11.6 Å². The third-order valence-electron chi connectivity index (χ3n) is 3.66. The number of hydrogen-bond donors (Lipinski definition) is 0. The fraction of sp³-hybridized carbons (Fsp3) is 0.857. The molecule has 1 atom stereocenters. The van der Waals surface area contributed by atoms with E-state index in [0.717, 1.165) is 12.5 Å². The summed E-state index contributed by atoms with van der Waals surface area (Å²) < 4.78 is 0. The molecule has 1 aliphatic rings. The van der Waals surface area contributed by atoms with Crippen molar-refractivity contribution in [3.63, 3.8) is 0 Å². The molecule has 0 aromatic rings. The third-order valence-corrected chi connectivity index (χ3v) is 3.84. The molecule has 94 valence electrons. The lowest BCUT2D eigenvalue weighted by molar-refractivity contribution is 0.211. The van der Waals surface area contributed by atoms with Crippen molar-refractivity contribution in [3.05, 3.63) is 12.2 Å². The molecule has 0 radical (unpaired) electrons. The smallest absolute Gasteiger partial charge is 0.0404 e. The van der Waals surface area contributed by atoms with Gasteiger partial charge in [0, 0.05) is 12.4 Å². The van der Waals surface area contributed by atoms with Crippen molar-refractivity contribution in [1.29, 1.82) is 0 Å². The Morgan fingerprint density at radius 2 is 1.94 bits per heavy atom. The van der Waals surface area contributed by atoms with E-state index in [0.29, 0.717) is 11.3 Å². The number of alkyl halides is 1. The average molecular weight is 244 g/mol. The molecule has 0 aromatic carbocycles. The highest BCUT2D eigenvalue weighted by atomic mass is 35.5. The van der Waals surface area contributed by atoms with E-state index >= 15 is 0 Å². The molecule has 1 heterocycles. The van der Waals surface area contributed by atoms with E-state index < -0.39 is 0 Å². The molecular formula is C14H26ClN. The number of rotatable bonds is 3. The topological polar surface area (TPSA) is 3.24 Å². The summed E-state index contributed by atoms with van der Waals surface area (Å²) in [5, 5.41) is 0.